The maximum atomic E-state index is 13.9. The molecule has 2 aliphatic rings. The van der Waals surface area contributed by atoms with Crippen molar-refractivity contribution in [3.8, 4) is 5.75 Å². The Kier molecular flexibility index (Phi) is 6.31. The molecule has 1 saturated heterocycles. The first-order valence-corrected chi connectivity index (χ1v) is 11.3. The van der Waals surface area contributed by atoms with Crippen LogP contribution in [0, 0.1) is 17.7 Å². The van der Waals surface area contributed by atoms with Crippen LogP contribution in [0.1, 0.15) is 39.2 Å². The van der Waals surface area contributed by atoms with Gasteiger partial charge in [-0.1, -0.05) is 39.0 Å². The summed E-state index contributed by atoms with van der Waals surface area (Å²) in [5, 5.41) is 0. The molecule has 0 bridgehead atoms. The van der Waals surface area contributed by atoms with E-state index in [0.29, 0.717) is 48.4 Å². The van der Waals surface area contributed by atoms with Crippen LogP contribution in [0.25, 0.3) is 5.57 Å². The van der Waals surface area contributed by atoms with Crippen molar-refractivity contribution in [2.24, 2.45) is 11.8 Å². The minimum atomic E-state index is -0.490. The number of piperidine rings is 1. The van der Waals surface area contributed by atoms with Crippen molar-refractivity contribution in [3.63, 3.8) is 0 Å². The SMILES string of the molecule is CCCOc1ccc(C2=C(N3CC(C)CC(C)C3)C(=O)N(c3cccc(F)c3)C2=O)cc1. The van der Waals surface area contributed by atoms with Crippen LogP contribution >= 0.6 is 0 Å². The van der Waals surface area contributed by atoms with Gasteiger partial charge < -0.3 is 9.64 Å². The van der Waals surface area contributed by atoms with Crippen LogP contribution in [0.5, 0.6) is 5.75 Å². The molecule has 2 heterocycles. The Morgan fingerprint density at radius 1 is 1.00 bits per heavy atom. The summed E-state index contributed by atoms with van der Waals surface area (Å²) in [6.07, 6.45) is 1.98. The number of hydrogen-bond acceptors (Lipinski definition) is 4. The highest BCUT2D eigenvalue weighted by molar-refractivity contribution is 6.45. The lowest BCUT2D eigenvalue weighted by atomic mass is 9.91. The molecule has 0 N–H and O–H groups in total. The van der Waals surface area contributed by atoms with Crippen molar-refractivity contribution in [2.75, 3.05) is 24.6 Å². The number of benzene rings is 2. The molecule has 0 aromatic heterocycles. The molecule has 32 heavy (non-hydrogen) atoms. The Hall–Kier alpha value is -3.15. The fourth-order valence-corrected chi connectivity index (χ4v) is 4.70. The normalized spacial score (nSPS) is 21.5. The van der Waals surface area contributed by atoms with E-state index in [1.54, 1.807) is 6.07 Å². The Balaban J connectivity index is 1.77. The average molecular weight is 437 g/mol. The minimum absolute atomic E-state index is 0.244. The molecule has 2 aliphatic heterocycles. The summed E-state index contributed by atoms with van der Waals surface area (Å²) in [5.41, 5.74) is 1.67. The summed E-state index contributed by atoms with van der Waals surface area (Å²) in [5.74, 6) is 0.214. The zero-order chi connectivity index (χ0) is 22.8. The maximum absolute atomic E-state index is 13.9. The number of hydrogen-bond donors (Lipinski definition) is 0. The summed E-state index contributed by atoms with van der Waals surface area (Å²) in [7, 11) is 0. The molecule has 0 spiro atoms. The van der Waals surface area contributed by atoms with Gasteiger partial charge in [0.15, 0.2) is 0 Å². The van der Waals surface area contributed by atoms with E-state index in [0.717, 1.165) is 23.5 Å². The van der Waals surface area contributed by atoms with E-state index in [-0.39, 0.29) is 5.69 Å². The number of nitrogens with zero attached hydrogens (tertiary/aromatic N) is 2. The smallest absolute Gasteiger partial charge is 0.282 e. The first-order valence-electron chi connectivity index (χ1n) is 11.3. The van der Waals surface area contributed by atoms with Crippen LogP contribution in [0.2, 0.25) is 0 Å². The molecule has 2 aromatic rings. The van der Waals surface area contributed by atoms with Gasteiger partial charge in [0.25, 0.3) is 11.8 Å². The van der Waals surface area contributed by atoms with Gasteiger partial charge in [0.1, 0.15) is 17.3 Å². The molecule has 2 unspecified atom stereocenters. The molecule has 5 nitrogen and oxygen atoms in total. The van der Waals surface area contributed by atoms with E-state index < -0.39 is 17.6 Å². The number of likely N-dealkylation sites (tertiary alicyclic amines) is 1. The van der Waals surface area contributed by atoms with Gasteiger partial charge in [0.2, 0.25) is 0 Å². The van der Waals surface area contributed by atoms with Crippen molar-refractivity contribution in [2.45, 2.75) is 33.6 Å². The fraction of sp³-hybridized carbons (Fsp3) is 0.385. The minimum Gasteiger partial charge on any atom is -0.494 e. The van der Waals surface area contributed by atoms with E-state index in [1.807, 2.05) is 36.1 Å². The first-order chi connectivity index (χ1) is 15.4. The van der Waals surface area contributed by atoms with E-state index in [1.165, 1.54) is 18.2 Å². The quantitative estimate of drug-likeness (QED) is 0.606. The summed E-state index contributed by atoms with van der Waals surface area (Å²) in [4.78, 5) is 30.3. The summed E-state index contributed by atoms with van der Waals surface area (Å²) >= 11 is 0. The van der Waals surface area contributed by atoms with Gasteiger partial charge in [0.05, 0.1) is 17.9 Å². The van der Waals surface area contributed by atoms with Gasteiger partial charge >= 0.3 is 0 Å². The zero-order valence-corrected chi connectivity index (χ0v) is 18.8. The van der Waals surface area contributed by atoms with Gasteiger partial charge in [-0.2, -0.15) is 0 Å². The average Bonchev–Trinajstić information content (AvgIpc) is 3.02. The number of anilines is 1. The summed E-state index contributed by atoms with van der Waals surface area (Å²) in [6, 6.07) is 12.9. The predicted molar refractivity (Wildman–Crippen MR) is 123 cm³/mol. The number of halogens is 1. The Morgan fingerprint density at radius 3 is 2.31 bits per heavy atom. The first kappa shape index (κ1) is 22.1. The lowest BCUT2D eigenvalue weighted by Gasteiger charge is -2.37. The van der Waals surface area contributed by atoms with E-state index in [9.17, 15) is 14.0 Å². The van der Waals surface area contributed by atoms with Gasteiger partial charge in [0, 0.05) is 13.1 Å². The molecule has 6 heteroatoms. The fourth-order valence-electron chi connectivity index (χ4n) is 4.70. The molecule has 2 atom stereocenters. The van der Waals surface area contributed by atoms with Crippen molar-refractivity contribution < 1.29 is 18.7 Å². The number of imide groups is 1. The number of carbonyl (C=O) groups excluding carboxylic acids is 2. The molecule has 168 valence electrons. The molecule has 1 fully saturated rings. The molecule has 4 rings (SSSR count). The third-order valence-electron chi connectivity index (χ3n) is 5.93. The molecular weight excluding hydrogens is 407 g/mol. The third kappa shape index (κ3) is 4.27. The van der Waals surface area contributed by atoms with Crippen LogP contribution in [0.3, 0.4) is 0 Å². The molecular formula is C26H29FN2O3. The number of amides is 2. The van der Waals surface area contributed by atoms with Crippen LogP contribution in [-0.2, 0) is 9.59 Å². The van der Waals surface area contributed by atoms with Crippen molar-refractivity contribution in [3.05, 3.63) is 65.6 Å². The second kappa shape index (κ2) is 9.15. The maximum Gasteiger partial charge on any atom is 0.282 e. The van der Waals surface area contributed by atoms with E-state index in [2.05, 4.69) is 13.8 Å². The number of carbonyl (C=O) groups is 2. The van der Waals surface area contributed by atoms with Crippen molar-refractivity contribution in [1.29, 1.82) is 0 Å². The van der Waals surface area contributed by atoms with E-state index >= 15 is 0 Å². The second-order valence-corrected chi connectivity index (χ2v) is 8.87. The highest BCUT2D eigenvalue weighted by Gasteiger charge is 2.43. The van der Waals surface area contributed by atoms with Crippen LogP contribution < -0.4 is 9.64 Å². The molecule has 2 aromatic carbocycles. The highest BCUT2D eigenvalue weighted by Crippen LogP contribution is 2.37. The topological polar surface area (TPSA) is 49.9 Å². The van der Waals surface area contributed by atoms with Gasteiger partial charge in [-0.15, -0.1) is 0 Å². The van der Waals surface area contributed by atoms with E-state index in [4.69, 9.17) is 4.74 Å². The standard InChI is InChI=1S/C26H29FN2O3/c1-4-12-32-22-10-8-19(9-11-22)23-24(28-15-17(2)13-18(3)16-28)26(31)29(25(23)30)21-7-5-6-20(27)14-21/h5-11,14,17-18H,4,12-13,15-16H2,1-3H3. The molecule has 2 amide bonds. The molecule has 0 aliphatic carbocycles. The van der Waals surface area contributed by atoms with Crippen molar-refractivity contribution in [1.82, 2.24) is 4.90 Å². The van der Waals surface area contributed by atoms with Crippen LogP contribution in [0.15, 0.2) is 54.2 Å². The van der Waals surface area contributed by atoms with Gasteiger partial charge in [-0.25, -0.2) is 9.29 Å². The van der Waals surface area contributed by atoms with Crippen LogP contribution in [-0.4, -0.2) is 36.4 Å². The van der Waals surface area contributed by atoms with Gasteiger partial charge in [-0.3, -0.25) is 9.59 Å². The molecule has 0 radical (unpaired) electrons. The highest BCUT2D eigenvalue weighted by atomic mass is 19.1. The monoisotopic (exact) mass is 436 g/mol. The Bertz CT molecular complexity index is 1040. The summed E-state index contributed by atoms with van der Waals surface area (Å²) in [6.45, 7) is 8.38. The summed E-state index contributed by atoms with van der Waals surface area (Å²) < 4.78 is 19.6. The third-order valence-corrected chi connectivity index (χ3v) is 5.93. The predicted octanol–water partition coefficient (Wildman–Crippen LogP) is 4.88. The largest absolute Gasteiger partial charge is 0.494 e. The lowest BCUT2D eigenvalue weighted by molar-refractivity contribution is -0.120. The van der Waals surface area contributed by atoms with Crippen LogP contribution in [0.4, 0.5) is 10.1 Å². The lowest BCUT2D eigenvalue weighted by Crippen LogP contribution is -2.42. The number of rotatable bonds is 6. The number of ether oxygens (including phenoxy) is 1. The second-order valence-electron chi connectivity index (χ2n) is 8.87. The Labute approximate surface area is 188 Å². The zero-order valence-electron chi connectivity index (χ0n) is 18.8. The molecule has 0 saturated carbocycles. The van der Waals surface area contributed by atoms with Gasteiger partial charge in [-0.05, 0) is 60.6 Å². The van der Waals surface area contributed by atoms with Crippen molar-refractivity contribution >= 4 is 23.1 Å². The Morgan fingerprint density at radius 2 is 1.69 bits per heavy atom.